The van der Waals surface area contributed by atoms with Crippen LogP contribution in [0.3, 0.4) is 0 Å². The molecule has 0 saturated carbocycles. The maximum atomic E-state index is 11.7. The predicted octanol–water partition coefficient (Wildman–Crippen LogP) is 3.56. The zero-order valence-corrected chi connectivity index (χ0v) is 13.3. The van der Waals surface area contributed by atoms with Crippen LogP contribution in [0.15, 0.2) is 22.7 Å². The minimum Gasteiger partial charge on any atom is -0.478 e. The number of halogens is 1. The number of amides is 2. The fraction of sp³-hybridized carbons (Fsp3) is 0.429. The molecule has 110 valence electrons. The van der Waals surface area contributed by atoms with Crippen LogP contribution in [0.2, 0.25) is 0 Å². The molecule has 0 spiro atoms. The summed E-state index contributed by atoms with van der Waals surface area (Å²) in [6.45, 7) is 6.82. The first-order valence-electron chi connectivity index (χ1n) is 6.38. The van der Waals surface area contributed by atoms with E-state index >= 15 is 0 Å². The first-order valence-corrected chi connectivity index (χ1v) is 7.17. The molecule has 1 rings (SSSR count). The standard InChI is InChI=1S/C14H19BrN2O3/c1-8(2)9(3)7-16-14(20)17-12-5-10(13(18)19)4-11(15)6-12/h4-6,8-9H,7H2,1-3H3,(H,18,19)(H2,16,17,20). The van der Waals surface area contributed by atoms with E-state index in [4.69, 9.17) is 5.11 Å². The van der Waals surface area contributed by atoms with Crippen molar-refractivity contribution < 1.29 is 14.7 Å². The maximum absolute atomic E-state index is 11.7. The Kier molecular flexibility index (Phi) is 6.01. The summed E-state index contributed by atoms with van der Waals surface area (Å²) in [4.78, 5) is 22.7. The molecule has 1 unspecified atom stereocenters. The van der Waals surface area contributed by atoms with E-state index in [9.17, 15) is 9.59 Å². The van der Waals surface area contributed by atoms with Gasteiger partial charge in [-0.25, -0.2) is 9.59 Å². The molecule has 0 aliphatic rings. The van der Waals surface area contributed by atoms with Crippen LogP contribution in [-0.4, -0.2) is 23.7 Å². The second kappa shape index (κ2) is 7.28. The zero-order valence-electron chi connectivity index (χ0n) is 11.7. The van der Waals surface area contributed by atoms with Crippen LogP contribution in [0.4, 0.5) is 10.5 Å². The molecule has 0 aliphatic carbocycles. The van der Waals surface area contributed by atoms with E-state index < -0.39 is 5.97 Å². The smallest absolute Gasteiger partial charge is 0.335 e. The Hall–Kier alpha value is -1.56. The third-order valence-electron chi connectivity index (χ3n) is 3.13. The van der Waals surface area contributed by atoms with Crippen LogP contribution in [0.5, 0.6) is 0 Å². The monoisotopic (exact) mass is 342 g/mol. The van der Waals surface area contributed by atoms with Gasteiger partial charge in [0.15, 0.2) is 0 Å². The fourth-order valence-corrected chi connectivity index (χ4v) is 1.94. The maximum Gasteiger partial charge on any atom is 0.335 e. The van der Waals surface area contributed by atoms with Crippen molar-refractivity contribution in [1.29, 1.82) is 0 Å². The lowest BCUT2D eigenvalue weighted by molar-refractivity contribution is 0.0697. The third-order valence-corrected chi connectivity index (χ3v) is 3.58. The van der Waals surface area contributed by atoms with Crippen LogP contribution >= 0.6 is 15.9 Å². The van der Waals surface area contributed by atoms with Crippen molar-refractivity contribution >= 4 is 33.6 Å². The summed E-state index contributed by atoms with van der Waals surface area (Å²) < 4.78 is 0.600. The quantitative estimate of drug-likeness (QED) is 0.765. The number of hydrogen-bond acceptors (Lipinski definition) is 2. The van der Waals surface area contributed by atoms with Gasteiger partial charge in [-0.05, 0) is 30.0 Å². The van der Waals surface area contributed by atoms with Crippen LogP contribution in [0.25, 0.3) is 0 Å². The molecular formula is C14H19BrN2O3. The van der Waals surface area contributed by atoms with Crippen molar-refractivity contribution in [3.8, 4) is 0 Å². The van der Waals surface area contributed by atoms with Gasteiger partial charge in [-0.2, -0.15) is 0 Å². The van der Waals surface area contributed by atoms with E-state index in [0.29, 0.717) is 28.5 Å². The molecule has 5 nitrogen and oxygen atoms in total. The van der Waals surface area contributed by atoms with Crippen molar-refractivity contribution in [1.82, 2.24) is 5.32 Å². The molecule has 0 aromatic heterocycles. The number of carboxylic acid groups (broad SMARTS) is 1. The highest BCUT2D eigenvalue weighted by Gasteiger charge is 2.11. The Morgan fingerprint density at radius 3 is 2.45 bits per heavy atom. The molecule has 3 N–H and O–H groups in total. The Labute approximate surface area is 126 Å². The average molecular weight is 343 g/mol. The number of aromatic carboxylic acids is 1. The molecule has 2 amide bonds. The highest BCUT2D eigenvalue weighted by molar-refractivity contribution is 9.10. The lowest BCUT2D eigenvalue weighted by Crippen LogP contribution is -2.33. The van der Waals surface area contributed by atoms with E-state index in [0.717, 1.165) is 0 Å². The highest BCUT2D eigenvalue weighted by atomic mass is 79.9. The normalized spacial score (nSPS) is 12.1. The lowest BCUT2D eigenvalue weighted by Gasteiger charge is -2.16. The fourth-order valence-electron chi connectivity index (χ4n) is 1.45. The Morgan fingerprint density at radius 2 is 1.90 bits per heavy atom. The first kappa shape index (κ1) is 16.5. The summed E-state index contributed by atoms with van der Waals surface area (Å²) >= 11 is 3.22. The highest BCUT2D eigenvalue weighted by Crippen LogP contribution is 2.19. The summed E-state index contributed by atoms with van der Waals surface area (Å²) in [7, 11) is 0. The molecule has 1 aromatic carbocycles. The number of anilines is 1. The molecule has 1 atom stereocenters. The molecular weight excluding hydrogens is 324 g/mol. The number of carbonyl (C=O) groups is 2. The van der Waals surface area contributed by atoms with E-state index in [1.165, 1.54) is 12.1 Å². The van der Waals surface area contributed by atoms with Gasteiger partial charge in [-0.1, -0.05) is 36.7 Å². The number of carboxylic acids is 1. The van der Waals surface area contributed by atoms with Gasteiger partial charge in [-0.15, -0.1) is 0 Å². The van der Waals surface area contributed by atoms with Gasteiger partial charge in [0.05, 0.1) is 5.56 Å². The number of carbonyl (C=O) groups excluding carboxylic acids is 1. The Bertz CT molecular complexity index is 503. The van der Waals surface area contributed by atoms with Crippen LogP contribution in [0.1, 0.15) is 31.1 Å². The summed E-state index contributed by atoms with van der Waals surface area (Å²) in [6.07, 6.45) is 0. The minimum atomic E-state index is -1.04. The molecule has 0 heterocycles. The van der Waals surface area contributed by atoms with E-state index in [1.807, 2.05) is 0 Å². The lowest BCUT2D eigenvalue weighted by atomic mass is 9.98. The zero-order chi connectivity index (χ0) is 15.3. The van der Waals surface area contributed by atoms with Crippen molar-refractivity contribution in [3.05, 3.63) is 28.2 Å². The second-order valence-electron chi connectivity index (χ2n) is 5.09. The number of rotatable bonds is 5. The first-order chi connectivity index (χ1) is 9.29. The molecule has 0 fully saturated rings. The molecule has 20 heavy (non-hydrogen) atoms. The van der Waals surface area contributed by atoms with Gasteiger partial charge in [0.1, 0.15) is 0 Å². The Balaban J connectivity index is 2.64. The van der Waals surface area contributed by atoms with E-state index in [2.05, 4.69) is 47.3 Å². The topological polar surface area (TPSA) is 78.4 Å². The number of benzene rings is 1. The van der Waals surface area contributed by atoms with Crippen molar-refractivity contribution in [3.63, 3.8) is 0 Å². The van der Waals surface area contributed by atoms with Gasteiger partial charge in [0, 0.05) is 16.7 Å². The molecule has 6 heteroatoms. The largest absolute Gasteiger partial charge is 0.478 e. The second-order valence-corrected chi connectivity index (χ2v) is 6.01. The van der Waals surface area contributed by atoms with Gasteiger partial charge >= 0.3 is 12.0 Å². The summed E-state index contributed by atoms with van der Waals surface area (Å²) in [6, 6.07) is 4.20. The van der Waals surface area contributed by atoms with E-state index in [-0.39, 0.29) is 11.6 Å². The van der Waals surface area contributed by atoms with Crippen LogP contribution < -0.4 is 10.6 Å². The number of nitrogens with one attached hydrogen (secondary N) is 2. The van der Waals surface area contributed by atoms with E-state index in [1.54, 1.807) is 6.07 Å². The minimum absolute atomic E-state index is 0.116. The van der Waals surface area contributed by atoms with Gasteiger partial charge in [0.25, 0.3) is 0 Å². The van der Waals surface area contributed by atoms with Crippen molar-refractivity contribution in [2.45, 2.75) is 20.8 Å². The van der Waals surface area contributed by atoms with Crippen LogP contribution in [0, 0.1) is 11.8 Å². The Morgan fingerprint density at radius 1 is 1.25 bits per heavy atom. The predicted molar refractivity (Wildman–Crippen MR) is 82.1 cm³/mol. The summed E-state index contributed by atoms with van der Waals surface area (Å²) in [5.74, 6) is -0.180. The SMILES string of the molecule is CC(C)C(C)CNC(=O)Nc1cc(Br)cc(C(=O)O)c1. The number of urea groups is 1. The van der Waals surface area contributed by atoms with Gasteiger partial charge in [0.2, 0.25) is 0 Å². The van der Waals surface area contributed by atoms with Gasteiger partial charge < -0.3 is 15.7 Å². The molecule has 0 saturated heterocycles. The molecule has 0 radical (unpaired) electrons. The third kappa shape index (κ3) is 5.21. The average Bonchev–Trinajstić information content (AvgIpc) is 2.34. The summed E-state index contributed by atoms with van der Waals surface area (Å²) in [5, 5.41) is 14.4. The molecule has 0 bridgehead atoms. The van der Waals surface area contributed by atoms with Gasteiger partial charge in [-0.3, -0.25) is 0 Å². The molecule has 0 aliphatic heterocycles. The van der Waals surface area contributed by atoms with Crippen molar-refractivity contribution in [2.75, 3.05) is 11.9 Å². The number of hydrogen-bond donors (Lipinski definition) is 3. The molecule has 1 aromatic rings. The van der Waals surface area contributed by atoms with Crippen molar-refractivity contribution in [2.24, 2.45) is 11.8 Å². The summed E-state index contributed by atoms with van der Waals surface area (Å²) in [5.41, 5.74) is 0.552. The van der Waals surface area contributed by atoms with Crippen LogP contribution in [-0.2, 0) is 0 Å².